The quantitative estimate of drug-likeness (QED) is 0.863. The van der Waals surface area contributed by atoms with E-state index in [2.05, 4.69) is 14.7 Å². The lowest BCUT2D eigenvalue weighted by molar-refractivity contribution is 0.332. The van der Waals surface area contributed by atoms with Gasteiger partial charge in [-0.1, -0.05) is 12.8 Å². The molecule has 4 nitrogen and oxygen atoms in total. The smallest absolute Gasteiger partial charge is 0.202 e. The van der Waals surface area contributed by atoms with Gasteiger partial charge in [-0.15, -0.1) is 0 Å². The number of anilines is 1. The zero-order chi connectivity index (χ0) is 11.7. The van der Waals surface area contributed by atoms with E-state index in [4.69, 9.17) is 5.73 Å². The number of nitrogens with zero attached hydrogens (tertiary/aromatic N) is 2. The van der Waals surface area contributed by atoms with Crippen molar-refractivity contribution in [1.29, 1.82) is 0 Å². The van der Waals surface area contributed by atoms with Crippen molar-refractivity contribution in [2.75, 3.05) is 11.9 Å². The third-order valence-corrected chi connectivity index (χ3v) is 4.57. The van der Waals surface area contributed by atoms with Gasteiger partial charge in [-0.3, -0.25) is 0 Å². The van der Waals surface area contributed by atoms with E-state index in [0.29, 0.717) is 17.9 Å². The van der Waals surface area contributed by atoms with Crippen molar-refractivity contribution in [3.05, 3.63) is 5.82 Å². The van der Waals surface area contributed by atoms with Crippen LogP contribution in [0, 0.1) is 5.92 Å². The summed E-state index contributed by atoms with van der Waals surface area (Å²) in [6.07, 6.45) is 7.64. The fourth-order valence-corrected chi connectivity index (χ4v) is 3.35. The second kappa shape index (κ2) is 4.90. The van der Waals surface area contributed by atoms with Crippen molar-refractivity contribution in [2.45, 2.75) is 50.5 Å². The van der Waals surface area contributed by atoms with Crippen molar-refractivity contribution >= 4 is 16.7 Å². The Bertz CT molecular complexity index is 374. The van der Waals surface area contributed by atoms with Gasteiger partial charge < -0.3 is 11.1 Å². The molecule has 0 spiro atoms. The molecule has 2 aliphatic rings. The summed E-state index contributed by atoms with van der Waals surface area (Å²) in [6, 6.07) is 0.508. The monoisotopic (exact) mass is 252 g/mol. The van der Waals surface area contributed by atoms with Gasteiger partial charge in [-0.2, -0.15) is 4.37 Å². The second-order valence-electron chi connectivity index (χ2n) is 5.26. The Morgan fingerprint density at radius 2 is 2.06 bits per heavy atom. The zero-order valence-corrected chi connectivity index (χ0v) is 10.9. The Morgan fingerprint density at radius 1 is 1.24 bits per heavy atom. The first kappa shape index (κ1) is 11.4. The first-order valence-electron chi connectivity index (χ1n) is 6.67. The van der Waals surface area contributed by atoms with Gasteiger partial charge in [0, 0.05) is 23.5 Å². The Hall–Kier alpha value is -0.680. The largest absolute Gasteiger partial charge is 0.357 e. The Kier molecular flexibility index (Phi) is 3.29. The van der Waals surface area contributed by atoms with Gasteiger partial charge >= 0.3 is 0 Å². The van der Waals surface area contributed by atoms with Gasteiger partial charge in [0.05, 0.1) is 0 Å². The van der Waals surface area contributed by atoms with Crippen LogP contribution < -0.4 is 11.1 Å². The average molecular weight is 252 g/mol. The average Bonchev–Trinajstić information content (AvgIpc) is 3.11. The van der Waals surface area contributed by atoms with Crippen molar-refractivity contribution in [3.8, 4) is 0 Å². The molecule has 1 heterocycles. The molecule has 0 amide bonds. The van der Waals surface area contributed by atoms with Crippen LogP contribution in [0.1, 0.15) is 50.3 Å². The van der Waals surface area contributed by atoms with Gasteiger partial charge in [-0.05, 0) is 38.1 Å². The van der Waals surface area contributed by atoms with Crippen molar-refractivity contribution < 1.29 is 0 Å². The van der Waals surface area contributed by atoms with Crippen LogP contribution in [-0.2, 0) is 0 Å². The highest BCUT2D eigenvalue weighted by Crippen LogP contribution is 2.39. The van der Waals surface area contributed by atoms with E-state index in [9.17, 15) is 0 Å². The second-order valence-corrected chi connectivity index (χ2v) is 6.01. The van der Waals surface area contributed by atoms with Gasteiger partial charge in [0.2, 0.25) is 5.13 Å². The van der Waals surface area contributed by atoms with E-state index in [1.54, 1.807) is 0 Å². The van der Waals surface area contributed by atoms with Crippen molar-refractivity contribution in [1.82, 2.24) is 9.36 Å². The molecule has 3 N–H and O–H groups in total. The molecule has 1 aromatic rings. The highest BCUT2D eigenvalue weighted by molar-refractivity contribution is 7.09. The van der Waals surface area contributed by atoms with Crippen LogP contribution in [0.15, 0.2) is 0 Å². The lowest BCUT2D eigenvalue weighted by Gasteiger charge is -2.30. The molecule has 0 aromatic carbocycles. The van der Waals surface area contributed by atoms with Gasteiger partial charge in [0.15, 0.2) is 0 Å². The van der Waals surface area contributed by atoms with Crippen LogP contribution in [0.25, 0.3) is 0 Å². The third-order valence-electron chi connectivity index (χ3n) is 3.90. The minimum Gasteiger partial charge on any atom is -0.357 e. The molecule has 94 valence electrons. The number of aromatic nitrogens is 2. The normalized spacial score (nSPS) is 29.2. The highest BCUT2D eigenvalue weighted by atomic mass is 32.1. The molecule has 1 aromatic heterocycles. The molecule has 5 heteroatoms. The molecular weight excluding hydrogens is 232 g/mol. The van der Waals surface area contributed by atoms with Gasteiger partial charge in [0.1, 0.15) is 5.82 Å². The number of hydrogen-bond acceptors (Lipinski definition) is 5. The van der Waals surface area contributed by atoms with Crippen LogP contribution in [0.5, 0.6) is 0 Å². The van der Waals surface area contributed by atoms with E-state index in [1.165, 1.54) is 50.1 Å². The Morgan fingerprint density at radius 3 is 2.82 bits per heavy atom. The minimum atomic E-state index is 0.508. The summed E-state index contributed by atoms with van der Waals surface area (Å²) < 4.78 is 4.43. The molecule has 0 aliphatic heterocycles. The summed E-state index contributed by atoms with van der Waals surface area (Å²) in [7, 11) is 0. The molecular formula is C12H20N4S. The molecule has 0 bridgehead atoms. The number of nitrogens with one attached hydrogen (secondary N) is 1. The van der Waals surface area contributed by atoms with Crippen LogP contribution >= 0.6 is 11.5 Å². The lowest BCUT2D eigenvalue weighted by Crippen LogP contribution is -2.36. The molecule has 0 radical (unpaired) electrons. The maximum atomic E-state index is 5.84. The molecule has 2 unspecified atom stereocenters. The lowest BCUT2D eigenvalue weighted by atomic mass is 9.85. The van der Waals surface area contributed by atoms with E-state index in [0.717, 1.165) is 17.5 Å². The summed E-state index contributed by atoms with van der Waals surface area (Å²) in [4.78, 5) is 4.59. The van der Waals surface area contributed by atoms with Crippen molar-refractivity contribution in [3.63, 3.8) is 0 Å². The SMILES string of the molecule is NCC1CCCCC1Nc1nc(C2CC2)ns1. The van der Waals surface area contributed by atoms with Gasteiger partial charge in [-0.25, -0.2) is 4.98 Å². The number of rotatable bonds is 4. The Labute approximate surface area is 106 Å². The van der Waals surface area contributed by atoms with Crippen LogP contribution in [0.3, 0.4) is 0 Å². The van der Waals surface area contributed by atoms with Gasteiger partial charge in [0.25, 0.3) is 0 Å². The summed E-state index contributed by atoms with van der Waals surface area (Å²) in [5, 5.41) is 4.55. The maximum Gasteiger partial charge on any atom is 0.202 e. The molecule has 0 saturated heterocycles. The molecule has 2 fully saturated rings. The number of hydrogen-bond donors (Lipinski definition) is 2. The van der Waals surface area contributed by atoms with Crippen LogP contribution in [-0.4, -0.2) is 21.9 Å². The topological polar surface area (TPSA) is 63.8 Å². The first-order valence-corrected chi connectivity index (χ1v) is 7.44. The molecule has 2 saturated carbocycles. The summed E-state index contributed by atoms with van der Waals surface area (Å²) >= 11 is 1.51. The van der Waals surface area contributed by atoms with Crippen LogP contribution in [0.4, 0.5) is 5.13 Å². The van der Waals surface area contributed by atoms with E-state index < -0.39 is 0 Å². The molecule has 3 rings (SSSR count). The van der Waals surface area contributed by atoms with Crippen LogP contribution in [0.2, 0.25) is 0 Å². The molecule has 17 heavy (non-hydrogen) atoms. The minimum absolute atomic E-state index is 0.508. The fraction of sp³-hybridized carbons (Fsp3) is 0.833. The summed E-state index contributed by atoms with van der Waals surface area (Å²) in [6.45, 7) is 0.784. The molecule has 2 aliphatic carbocycles. The first-order chi connectivity index (χ1) is 8.36. The zero-order valence-electron chi connectivity index (χ0n) is 10.1. The molecule has 2 atom stereocenters. The summed E-state index contributed by atoms with van der Waals surface area (Å²) in [5.41, 5.74) is 5.84. The number of nitrogens with two attached hydrogens (primary N) is 1. The van der Waals surface area contributed by atoms with E-state index in [-0.39, 0.29) is 0 Å². The maximum absolute atomic E-state index is 5.84. The van der Waals surface area contributed by atoms with E-state index in [1.807, 2.05) is 0 Å². The standard InChI is InChI=1S/C12H20N4S/c13-7-9-3-1-2-4-10(9)14-12-15-11(16-17-12)8-5-6-8/h8-10H,1-7,13H2,(H,14,15,16). The highest BCUT2D eigenvalue weighted by Gasteiger charge is 2.29. The predicted molar refractivity (Wildman–Crippen MR) is 70.3 cm³/mol. The predicted octanol–water partition coefficient (Wildman–Crippen LogP) is 2.34. The third kappa shape index (κ3) is 2.60. The van der Waals surface area contributed by atoms with Crippen molar-refractivity contribution in [2.24, 2.45) is 11.7 Å². The summed E-state index contributed by atoms with van der Waals surface area (Å²) in [5.74, 6) is 2.31. The fourth-order valence-electron chi connectivity index (χ4n) is 2.64. The van der Waals surface area contributed by atoms with E-state index >= 15 is 0 Å². The Balaban J connectivity index is 1.63.